The molecule has 1 saturated carbocycles. The molecule has 0 amide bonds. The maximum absolute atomic E-state index is 7.26. The van der Waals surface area contributed by atoms with E-state index in [1.165, 1.54) is 25.7 Å². The minimum absolute atomic E-state index is 0.0288. The molecule has 0 aromatic rings. The van der Waals surface area contributed by atoms with Crippen molar-refractivity contribution in [2.45, 2.75) is 38.1 Å². The highest BCUT2D eigenvalue weighted by Gasteiger charge is 2.21. The van der Waals surface area contributed by atoms with Crippen LogP contribution in [0, 0.1) is 11.3 Å². The van der Waals surface area contributed by atoms with Crippen molar-refractivity contribution in [2.24, 2.45) is 11.7 Å². The number of thiol groups is 1. The summed E-state index contributed by atoms with van der Waals surface area (Å²) in [6, 6.07) is 0.722. The largest absolute Gasteiger partial charge is 0.388 e. The van der Waals surface area contributed by atoms with E-state index in [1.807, 2.05) is 0 Å². The summed E-state index contributed by atoms with van der Waals surface area (Å²) in [7, 11) is 0. The molecule has 0 aromatic carbocycles. The standard InChI is InChI=1S/C10H23N3S/c1-14(2)13-9-5-3-8(4-6-9)7-10(11)12/h8-9,13-14H,3-7H2,1-2H3,(H3,11,12). The fourth-order valence-corrected chi connectivity index (χ4v) is 3.16. The van der Waals surface area contributed by atoms with Crippen molar-refractivity contribution >= 4 is 16.9 Å². The van der Waals surface area contributed by atoms with Gasteiger partial charge in [0.15, 0.2) is 0 Å². The van der Waals surface area contributed by atoms with Gasteiger partial charge < -0.3 is 5.73 Å². The quantitative estimate of drug-likeness (QED) is 0.329. The average molecular weight is 217 g/mol. The summed E-state index contributed by atoms with van der Waals surface area (Å²) < 4.78 is 3.64. The second-order valence-corrected chi connectivity index (χ2v) is 6.52. The van der Waals surface area contributed by atoms with Crippen LogP contribution >= 0.6 is 11.1 Å². The predicted octanol–water partition coefficient (Wildman–Crippen LogP) is 1.64. The van der Waals surface area contributed by atoms with Crippen LogP contribution in [0.4, 0.5) is 0 Å². The lowest BCUT2D eigenvalue weighted by Gasteiger charge is -2.31. The van der Waals surface area contributed by atoms with Gasteiger partial charge in [-0.15, -0.1) is 0 Å². The monoisotopic (exact) mass is 217 g/mol. The molecular formula is C10H23N3S. The van der Waals surface area contributed by atoms with Gasteiger partial charge in [0, 0.05) is 12.5 Å². The minimum atomic E-state index is 0.0288. The van der Waals surface area contributed by atoms with Crippen LogP contribution in [0.2, 0.25) is 0 Å². The Balaban J connectivity index is 2.21. The van der Waals surface area contributed by atoms with Gasteiger partial charge in [0.1, 0.15) is 0 Å². The second kappa shape index (κ2) is 5.61. The summed E-state index contributed by atoms with van der Waals surface area (Å²) >= 11 is 0.0288. The summed E-state index contributed by atoms with van der Waals surface area (Å²) in [5.74, 6) is 1.03. The van der Waals surface area contributed by atoms with Crippen LogP contribution in [0.15, 0.2) is 0 Å². The molecule has 0 atom stereocenters. The van der Waals surface area contributed by atoms with E-state index in [2.05, 4.69) is 17.2 Å². The molecule has 1 aliphatic carbocycles. The third-order valence-electron chi connectivity index (χ3n) is 2.80. The fraction of sp³-hybridized carbons (Fsp3) is 0.900. The summed E-state index contributed by atoms with van der Waals surface area (Å²) in [5, 5.41) is 7.26. The van der Waals surface area contributed by atoms with E-state index in [4.69, 9.17) is 11.1 Å². The molecule has 0 spiro atoms. The molecule has 1 rings (SSSR count). The van der Waals surface area contributed by atoms with Crippen LogP contribution in [-0.4, -0.2) is 24.4 Å². The average Bonchev–Trinajstić information content (AvgIpc) is 2.06. The van der Waals surface area contributed by atoms with Gasteiger partial charge in [-0.05, 0) is 44.1 Å². The van der Waals surface area contributed by atoms with Crippen molar-refractivity contribution in [3.05, 3.63) is 0 Å². The van der Waals surface area contributed by atoms with Gasteiger partial charge in [-0.2, -0.15) is 0 Å². The topological polar surface area (TPSA) is 61.9 Å². The van der Waals surface area contributed by atoms with Gasteiger partial charge in [-0.1, -0.05) is 0 Å². The second-order valence-electron chi connectivity index (χ2n) is 4.47. The van der Waals surface area contributed by atoms with Crippen LogP contribution in [0.3, 0.4) is 0 Å². The molecule has 1 aliphatic rings. The smallest absolute Gasteiger partial charge is 0.0908 e. The minimum Gasteiger partial charge on any atom is -0.388 e. The molecule has 4 N–H and O–H groups in total. The zero-order valence-electron chi connectivity index (χ0n) is 9.21. The van der Waals surface area contributed by atoms with Gasteiger partial charge in [-0.3, -0.25) is 10.1 Å². The molecule has 0 aliphatic heterocycles. The Morgan fingerprint density at radius 3 is 2.36 bits per heavy atom. The number of hydrogen-bond acceptors (Lipinski definition) is 2. The van der Waals surface area contributed by atoms with Crippen molar-refractivity contribution in [1.29, 1.82) is 5.41 Å². The number of amidine groups is 1. The molecule has 14 heavy (non-hydrogen) atoms. The molecule has 0 bridgehead atoms. The first-order valence-corrected chi connectivity index (χ1v) is 7.58. The molecule has 0 radical (unpaired) electrons. The molecule has 1 fully saturated rings. The first-order chi connectivity index (χ1) is 6.58. The van der Waals surface area contributed by atoms with E-state index in [9.17, 15) is 0 Å². The van der Waals surface area contributed by atoms with E-state index in [0.29, 0.717) is 11.8 Å². The first-order valence-electron chi connectivity index (χ1n) is 5.34. The van der Waals surface area contributed by atoms with E-state index in [1.54, 1.807) is 0 Å². The Hall–Kier alpha value is -0.220. The third kappa shape index (κ3) is 4.33. The summed E-state index contributed by atoms with van der Waals surface area (Å²) in [5.41, 5.74) is 5.41. The molecule has 84 valence electrons. The first kappa shape index (κ1) is 11.9. The van der Waals surface area contributed by atoms with Crippen LogP contribution in [0.5, 0.6) is 0 Å². The van der Waals surface area contributed by atoms with Gasteiger partial charge in [0.2, 0.25) is 0 Å². The lowest BCUT2D eigenvalue weighted by molar-refractivity contribution is 0.323. The summed E-state index contributed by atoms with van der Waals surface area (Å²) in [4.78, 5) is 0. The Morgan fingerprint density at radius 1 is 1.36 bits per heavy atom. The Morgan fingerprint density at radius 2 is 1.93 bits per heavy atom. The highest BCUT2D eigenvalue weighted by molar-refractivity contribution is 8.14. The summed E-state index contributed by atoms with van der Waals surface area (Å²) in [6.07, 6.45) is 10.3. The zero-order valence-corrected chi connectivity index (χ0v) is 10.1. The highest BCUT2D eigenvalue weighted by atomic mass is 32.2. The molecule has 0 heterocycles. The van der Waals surface area contributed by atoms with Gasteiger partial charge >= 0.3 is 0 Å². The Bertz CT molecular complexity index is 186. The van der Waals surface area contributed by atoms with Crippen LogP contribution in [0.25, 0.3) is 0 Å². The number of hydrogen-bond donors (Lipinski definition) is 4. The predicted molar refractivity (Wildman–Crippen MR) is 66.2 cm³/mol. The Labute approximate surface area is 89.8 Å². The van der Waals surface area contributed by atoms with Crippen molar-refractivity contribution in [1.82, 2.24) is 4.72 Å². The maximum Gasteiger partial charge on any atom is 0.0908 e. The van der Waals surface area contributed by atoms with Crippen LogP contribution in [0.1, 0.15) is 32.1 Å². The van der Waals surface area contributed by atoms with Crippen LogP contribution < -0.4 is 10.5 Å². The number of nitrogens with one attached hydrogen (secondary N) is 2. The van der Waals surface area contributed by atoms with Gasteiger partial charge in [-0.25, -0.2) is 11.1 Å². The van der Waals surface area contributed by atoms with Gasteiger partial charge in [0.25, 0.3) is 0 Å². The zero-order chi connectivity index (χ0) is 10.6. The summed E-state index contributed by atoms with van der Waals surface area (Å²) in [6.45, 7) is 0. The van der Waals surface area contributed by atoms with Crippen molar-refractivity contribution in [3.63, 3.8) is 0 Å². The van der Waals surface area contributed by atoms with E-state index >= 15 is 0 Å². The van der Waals surface area contributed by atoms with Crippen molar-refractivity contribution < 1.29 is 0 Å². The molecule has 0 unspecified atom stereocenters. The van der Waals surface area contributed by atoms with E-state index in [0.717, 1.165) is 12.5 Å². The lowest BCUT2D eigenvalue weighted by Crippen LogP contribution is -2.31. The van der Waals surface area contributed by atoms with Crippen molar-refractivity contribution in [3.8, 4) is 0 Å². The number of rotatable bonds is 4. The van der Waals surface area contributed by atoms with Gasteiger partial charge in [0.05, 0.1) is 5.84 Å². The highest BCUT2D eigenvalue weighted by Crippen LogP contribution is 2.28. The fourth-order valence-electron chi connectivity index (χ4n) is 2.17. The molecule has 4 heteroatoms. The lowest BCUT2D eigenvalue weighted by atomic mass is 9.84. The Kier molecular flexibility index (Phi) is 4.75. The van der Waals surface area contributed by atoms with Crippen molar-refractivity contribution in [2.75, 3.05) is 12.5 Å². The third-order valence-corrected chi connectivity index (χ3v) is 3.68. The molecule has 3 nitrogen and oxygen atoms in total. The molecule has 0 aromatic heterocycles. The maximum atomic E-state index is 7.26. The molecule has 0 saturated heterocycles. The van der Waals surface area contributed by atoms with Crippen LogP contribution in [-0.2, 0) is 0 Å². The van der Waals surface area contributed by atoms with E-state index < -0.39 is 0 Å². The molecular weight excluding hydrogens is 194 g/mol. The SMILES string of the molecule is C[SH](C)NC1CCC(CC(=N)N)CC1. The normalized spacial score (nSPS) is 28.6. The van der Waals surface area contributed by atoms with E-state index in [-0.39, 0.29) is 11.1 Å². The number of nitrogens with two attached hydrogens (primary N) is 1.